The van der Waals surface area contributed by atoms with Crippen LogP contribution in [0.3, 0.4) is 0 Å². The van der Waals surface area contributed by atoms with Crippen LogP contribution < -0.4 is 10.6 Å². The molecule has 1 fully saturated rings. The molecule has 1 aliphatic heterocycles. The number of carbonyl (C=O) groups is 1. The Morgan fingerprint density at radius 3 is 2.62 bits per heavy atom. The minimum atomic E-state index is -0.0869. The van der Waals surface area contributed by atoms with Gasteiger partial charge in [-0.2, -0.15) is 0 Å². The van der Waals surface area contributed by atoms with Gasteiger partial charge in [0.1, 0.15) is 0 Å². The maximum atomic E-state index is 13.0. The summed E-state index contributed by atoms with van der Waals surface area (Å²) in [6, 6.07) is 4.22. The van der Waals surface area contributed by atoms with E-state index >= 15 is 0 Å². The van der Waals surface area contributed by atoms with Crippen LogP contribution in [0.5, 0.6) is 0 Å². The summed E-state index contributed by atoms with van der Waals surface area (Å²) < 4.78 is 0. The van der Waals surface area contributed by atoms with Crippen molar-refractivity contribution in [1.29, 1.82) is 0 Å². The molecule has 0 bridgehead atoms. The molecule has 2 aliphatic rings. The molecule has 1 heterocycles. The zero-order valence-electron chi connectivity index (χ0n) is 16.3. The standard InChI is InChI=1S/C22H31ClN2O/c1-22(2)13-16-11-19(23)17(14-24-3)10-18(16)20(25-22)12-21(26)15-8-6-4-5-7-9-15/h10-12,15,24-25H,4-9,13-14H2,1-3H3/b20-12-. The summed E-state index contributed by atoms with van der Waals surface area (Å²) in [7, 11) is 1.92. The molecule has 3 rings (SSSR count). The smallest absolute Gasteiger partial charge is 0.160 e. The Kier molecular flexibility index (Phi) is 6.09. The minimum absolute atomic E-state index is 0.0869. The summed E-state index contributed by atoms with van der Waals surface area (Å²) in [5, 5.41) is 7.57. The highest BCUT2D eigenvalue weighted by atomic mass is 35.5. The molecule has 0 aromatic heterocycles. The second-order valence-electron chi connectivity index (χ2n) is 8.47. The second-order valence-corrected chi connectivity index (χ2v) is 8.87. The fourth-order valence-corrected chi connectivity index (χ4v) is 4.53. The SMILES string of the molecule is CNCc1cc2c(cc1Cl)CC(C)(C)N/C2=C\C(=O)C1CCCCCC1. The molecule has 1 aromatic rings. The van der Waals surface area contributed by atoms with Crippen molar-refractivity contribution in [2.75, 3.05) is 7.05 Å². The molecule has 0 saturated heterocycles. The van der Waals surface area contributed by atoms with Crippen LogP contribution in [-0.4, -0.2) is 18.4 Å². The zero-order valence-corrected chi connectivity index (χ0v) is 17.0. The molecule has 1 aliphatic carbocycles. The number of ketones is 1. The highest BCUT2D eigenvalue weighted by molar-refractivity contribution is 6.31. The van der Waals surface area contributed by atoms with Crippen molar-refractivity contribution in [3.8, 4) is 0 Å². The Bertz CT molecular complexity index is 700. The predicted octanol–water partition coefficient (Wildman–Crippen LogP) is 4.86. The molecule has 4 heteroatoms. The average Bonchev–Trinajstić information content (AvgIpc) is 2.85. The molecule has 0 atom stereocenters. The molecule has 3 nitrogen and oxygen atoms in total. The van der Waals surface area contributed by atoms with Gasteiger partial charge < -0.3 is 10.6 Å². The van der Waals surface area contributed by atoms with E-state index in [0.29, 0.717) is 0 Å². The summed E-state index contributed by atoms with van der Waals surface area (Å²) in [4.78, 5) is 13.0. The van der Waals surface area contributed by atoms with E-state index < -0.39 is 0 Å². The average molecular weight is 375 g/mol. The Balaban J connectivity index is 1.96. The number of carbonyl (C=O) groups excluding carboxylic acids is 1. The first kappa shape index (κ1) is 19.4. The quantitative estimate of drug-likeness (QED) is 0.583. The summed E-state index contributed by atoms with van der Waals surface area (Å²) >= 11 is 6.48. The van der Waals surface area contributed by atoms with Crippen LogP contribution in [0, 0.1) is 5.92 Å². The van der Waals surface area contributed by atoms with Crippen LogP contribution in [0.1, 0.15) is 69.1 Å². The van der Waals surface area contributed by atoms with Crippen LogP contribution in [0.2, 0.25) is 5.02 Å². The predicted molar refractivity (Wildman–Crippen MR) is 109 cm³/mol. The fourth-order valence-electron chi connectivity index (χ4n) is 4.27. The maximum absolute atomic E-state index is 13.0. The number of nitrogens with one attached hydrogen (secondary N) is 2. The van der Waals surface area contributed by atoms with Crippen molar-refractivity contribution in [2.45, 2.75) is 70.9 Å². The minimum Gasteiger partial charge on any atom is -0.379 e. The van der Waals surface area contributed by atoms with Gasteiger partial charge in [0.2, 0.25) is 0 Å². The van der Waals surface area contributed by atoms with Crippen LogP contribution in [0.25, 0.3) is 5.70 Å². The molecule has 0 amide bonds. The first-order valence-corrected chi connectivity index (χ1v) is 10.3. The van der Waals surface area contributed by atoms with Crippen molar-refractivity contribution in [3.63, 3.8) is 0 Å². The molecule has 2 N–H and O–H groups in total. The first-order chi connectivity index (χ1) is 12.4. The van der Waals surface area contributed by atoms with Gasteiger partial charge in [0, 0.05) is 40.4 Å². The van der Waals surface area contributed by atoms with Gasteiger partial charge in [-0.15, -0.1) is 0 Å². The molecule has 0 radical (unpaired) electrons. The van der Waals surface area contributed by atoms with E-state index in [1.54, 1.807) is 0 Å². The van der Waals surface area contributed by atoms with E-state index in [4.69, 9.17) is 11.6 Å². The van der Waals surface area contributed by atoms with Gasteiger partial charge in [-0.25, -0.2) is 0 Å². The molecule has 0 spiro atoms. The van der Waals surface area contributed by atoms with Gasteiger partial charge in [0.05, 0.1) is 0 Å². The maximum Gasteiger partial charge on any atom is 0.160 e. The lowest BCUT2D eigenvalue weighted by Crippen LogP contribution is -2.44. The third-order valence-corrected chi connectivity index (χ3v) is 5.93. The van der Waals surface area contributed by atoms with Crippen molar-refractivity contribution >= 4 is 23.1 Å². The summed E-state index contributed by atoms with van der Waals surface area (Å²) in [6.07, 6.45) is 9.72. The van der Waals surface area contributed by atoms with Crippen LogP contribution in [-0.2, 0) is 17.8 Å². The van der Waals surface area contributed by atoms with Crippen molar-refractivity contribution in [3.05, 3.63) is 39.9 Å². The van der Waals surface area contributed by atoms with E-state index in [2.05, 4.69) is 36.6 Å². The zero-order chi connectivity index (χ0) is 18.7. The lowest BCUT2D eigenvalue weighted by Gasteiger charge is -2.36. The van der Waals surface area contributed by atoms with Gasteiger partial charge >= 0.3 is 0 Å². The van der Waals surface area contributed by atoms with Crippen molar-refractivity contribution in [1.82, 2.24) is 10.6 Å². The van der Waals surface area contributed by atoms with E-state index in [-0.39, 0.29) is 17.2 Å². The van der Waals surface area contributed by atoms with E-state index in [0.717, 1.165) is 47.7 Å². The molecule has 1 saturated carbocycles. The number of halogens is 1. The fraction of sp³-hybridized carbons (Fsp3) is 0.591. The Labute approximate surface area is 162 Å². The summed E-state index contributed by atoms with van der Waals surface area (Å²) in [5.74, 6) is 0.465. The molecule has 26 heavy (non-hydrogen) atoms. The van der Waals surface area contributed by atoms with Crippen LogP contribution in [0.15, 0.2) is 18.2 Å². The second kappa shape index (κ2) is 8.14. The van der Waals surface area contributed by atoms with E-state index in [1.807, 2.05) is 13.1 Å². The molecule has 1 aromatic carbocycles. The first-order valence-electron chi connectivity index (χ1n) is 9.89. The molecular weight excluding hydrogens is 344 g/mol. The number of rotatable bonds is 4. The highest BCUT2D eigenvalue weighted by Crippen LogP contribution is 2.34. The van der Waals surface area contributed by atoms with Gasteiger partial charge in [0.25, 0.3) is 0 Å². The van der Waals surface area contributed by atoms with E-state index in [9.17, 15) is 4.79 Å². The van der Waals surface area contributed by atoms with Gasteiger partial charge in [0.15, 0.2) is 5.78 Å². The van der Waals surface area contributed by atoms with E-state index in [1.165, 1.54) is 31.2 Å². The number of benzene rings is 1. The number of fused-ring (bicyclic) bond motifs is 1. The van der Waals surface area contributed by atoms with Crippen LogP contribution >= 0.6 is 11.6 Å². The van der Waals surface area contributed by atoms with Crippen molar-refractivity contribution < 1.29 is 4.79 Å². The lowest BCUT2D eigenvalue weighted by molar-refractivity contribution is -0.118. The van der Waals surface area contributed by atoms with Gasteiger partial charge in [-0.1, -0.05) is 37.3 Å². The summed E-state index contributed by atoms with van der Waals surface area (Å²) in [5.41, 5.74) is 4.29. The topological polar surface area (TPSA) is 41.1 Å². The molecule has 142 valence electrons. The van der Waals surface area contributed by atoms with Crippen LogP contribution in [0.4, 0.5) is 0 Å². The number of hydrogen-bond acceptors (Lipinski definition) is 3. The Morgan fingerprint density at radius 2 is 1.96 bits per heavy atom. The highest BCUT2D eigenvalue weighted by Gasteiger charge is 2.29. The normalized spacial score (nSPS) is 21.8. The largest absolute Gasteiger partial charge is 0.379 e. The number of hydrogen-bond donors (Lipinski definition) is 2. The molecule has 0 unspecified atom stereocenters. The summed E-state index contributed by atoms with van der Waals surface area (Å²) in [6.45, 7) is 5.07. The lowest BCUT2D eigenvalue weighted by atomic mass is 9.84. The third kappa shape index (κ3) is 4.50. The Hall–Kier alpha value is -1.32. The molecular formula is C22H31ClN2O. The Morgan fingerprint density at radius 1 is 1.27 bits per heavy atom. The van der Waals surface area contributed by atoms with Crippen molar-refractivity contribution in [2.24, 2.45) is 5.92 Å². The van der Waals surface area contributed by atoms with Gasteiger partial charge in [-0.3, -0.25) is 4.79 Å². The number of allylic oxidation sites excluding steroid dienone is 1. The third-order valence-electron chi connectivity index (χ3n) is 5.58. The monoisotopic (exact) mass is 374 g/mol. The van der Waals surface area contributed by atoms with Gasteiger partial charge in [-0.05, 0) is 63.4 Å².